The molecule has 1 aliphatic rings. The maximum atomic E-state index is 10.6. The Labute approximate surface area is 71.8 Å². The number of aliphatic carboxylic acids is 1. The first-order chi connectivity index (χ1) is 5.63. The molecule has 68 valence electrons. The van der Waals surface area contributed by atoms with E-state index in [2.05, 4.69) is 0 Å². The Morgan fingerprint density at radius 1 is 1.67 bits per heavy atom. The standard InChI is InChI=1S/C9H14O3/c1-2-7(9(11)12)3-6-4-8(10)5-6/h6-7H,2-5H2,1H3,(H,11,12). The van der Waals surface area contributed by atoms with Crippen LogP contribution in [0, 0.1) is 11.8 Å². The van der Waals surface area contributed by atoms with Gasteiger partial charge in [-0.2, -0.15) is 0 Å². The number of carboxylic acids is 1. The molecule has 0 bridgehead atoms. The molecule has 0 heterocycles. The minimum atomic E-state index is -0.725. The quantitative estimate of drug-likeness (QED) is 0.695. The summed E-state index contributed by atoms with van der Waals surface area (Å²) < 4.78 is 0. The van der Waals surface area contributed by atoms with E-state index in [9.17, 15) is 9.59 Å². The maximum Gasteiger partial charge on any atom is 0.306 e. The summed E-state index contributed by atoms with van der Waals surface area (Å²) in [4.78, 5) is 21.2. The third-order valence-electron chi connectivity index (χ3n) is 2.49. The molecule has 0 aromatic carbocycles. The molecular weight excluding hydrogens is 156 g/mol. The predicted octanol–water partition coefficient (Wildman–Crippen LogP) is 1.47. The first-order valence-electron chi connectivity index (χ1n) is 4.38. The fourth-order valence-corrected chi connectivity index (χ4v) is 1.60. The molecule has 3 heteroatoms. The highest BCUT2D eigenvalue weighted by Crippen LogP contribution is 2.30. The topological polar surface area (TPSA) is 54.4 Å². The zero-order valence-electron chi connectivity index (χ0n) is 7.25. The molecule has 1 fully saturated rings. The normalized spacial score (nSPS) is 20.2. The smallest absolute Gasteiger partial charge is 0.306 e. The van der Waals surface area contributed by atoms with Crippen LogP contribution in [0.1, 0.15) is 32.6 Å². The number of rotatable bonds is 4. The molecule has 3 nitrogen and oxygen atoms in total. The lowest BCUT2D eigenvalue weighted by atomic mass is 9.77. The summed E-state index contributed by atoms with van der Waals surface area (Å²) in [7, 11) is 0. The van der Waals surface area contributed by atoms with Crippen LogP contribution in [0.2, 0.25) is 0 Å². The van der Waals surface area contributed by atoms with Gasteiger partial charge in [0.15, 0.2) is 0 Å². The third kappa shape index (κ3) is 2.06. The maximum absolute atomic E-state index is 10.6. The predicted molar refractivity (Wildman–Crippen MR) is 43.8 cm³/mol. The second-order valence-corrected chi connectivity index (χ2v) is 3.49. The Hall–Kier alpha value is -0.860. The van der Waals surface area contributed by atoms with Crippen LogP contribution in [0.5, 0.6) is 0 Å². The van der Waals surface area contributed by atoms with E-state index in [1.807, 2.05) is 6.92 Å². The SMILES string of the molecule is CCC(CC1CC(=O)C1)C(=O)O. The lowest BCUT2D eigenvalue weighted by Crippen LogP contribution is -2.27. The van der Waals surface area contributed by atoms with Crippen molar-refractivity contribution in [2.75, 3.05) is 0 Å². The number of hydrogen-bond acceptors (Lipinski definition) is 2. The molecule has 0 radical (unpaired) electrons. The van der Waals surface area contributed by atoms with E-state index in [0.717, 1.165) is 0 Å². The molecule has 1 unspecified atom stereocenters. The Balaban J connectivity index is 2.28. The van der Waals surface area contributed by atoms with Gasteiger partial charge < -0.3 is 5.11 Å². The molecule has 1 N–H and O–H groups in total. The molecule has 12 heavy (non-hydrogen) atoms. The first kappa shape index (κ1) is 9.23. The van der Waals surface area contributed by atoms with E-state index < -0.39 is 5.97 Å². The van der Waals surface area contributed by atoms with Gasteiger partial charge in [0.1, 0.15) is 5.78 Å². The van der Waals surface area contributed by atoms with Gasteiger partial charge in [0.2, 0.25) is 0 Å². The molecule has 0 spiro atoms. The molecule has 1 aliphatic carbocycles. The third-order valence-corrected chi connectivity index (χ3v) is 2.49. The minimum absolute atomic E-state index is 0.247. The van der Waals surface area contributed by atoms with Gasteiger partial charge in [-0.25, -0.2) is 0 Å². The van der Waals surface area contributed by atoms with Crippen LogP contribution in [0.25, 0.3) is 0 Å². The Morgan fingerprint density at radius 2 is 2.25 bits per heavy atom. The van der Waals surface area contributed by atoms with Crippen molar-refractivity contribution >= 4 is 11.8 Å². The fraction of sp³-hybridized carbons (Fsp3) is 0.778. The van der Waals surface area contributed by atoms with Crippen molar-refractivity contribution in [3.8, 4) is 0 Å². The molecule has 0 saturated heterocycles. The van der Waals surface area contributed by atoms with Crippen molar-refractivity contribution in [2.24, 2.45) is 11.8 Å². The number of carbonyl (C=O) groups is 2. The summed E-state index contributed by atoms with van der Waals surface area (Å²) in [5.41, 5.74) is 0. The van der Waals surface area contributed by atoms with Gasteiger partial charge in [-0.1, -0.05) is 6.92 Å². The molecule has 0 amide bonds. The average Bonchev–Trinajstić information content (AvgIpc) is 1.95. The molecule has 1 rings (SSSR count). The van der Waals surface area contributed by atoms with E-state index in [0.29, 0.717) is 31.6 Å². The summed E-state index contributed by atoms with van der Waals surface area (Å²) in [6.45, 7) is 1.87. The summed E-state index contributed by atoms with van der Waals surface area (Å²) >= 11 is 0. The summed E-state index contributed by atoms with van der Waals surface area (Å²) in [5, 5.41) is 8.72. The lowest BCUT2D eigenvalue weighted by Gasteiger charge is -2.26. The fourth-order valence-electron chi connectivity index (χ4n) is 1.60. The number of carbonyl (C=O) groups excluding carboxylic acids is 1. The van der Waals surface area contributed by atoms with Crippen molar-refractivity contribution in [2.45, 2.75) is 32.6 Å². The highest BCUT2D eigenvalue weighted by atomic mass is 16.4. The van der Waals surface area contributed by atoms with Crippen molar-refractivity contribution in [3.63, 3.8) is 0 Å². The molecule has 1 atom stereocenters. The summed E-state index contributed by atoms with van der Waals surface area (Å²) in [6, 6.07) is 0. The number of Topliss-reactive ketones (excluding diaryl/α,β-unsaturated/α-hetero) is 1. The highest BCUT2D eigenvalue weighted by molar-refractivity contribution is 5.84. The van der Waals surface area contributed by atoms with Crippen LogP contribution in [-0.2, 0) is 9.59 Å². The highest BCUT2D eigenvalue weighted by Gasteiger charge is 2.30. The zero-order chi connectivity index (χ0) is 9.14. The van der Waals surface area contributed by atoms with Gasteiger partial charge in [-0.05, 0) is 18.8 Å². The van der Waals surface area contributed by atoms with Crippen LogP contribution in [0.3, 0.4) is 0 Å². The molecule has 0 aromatic rings. The minimum Gasteiger partial charge on any atom is -0.481 e. The first-order valence-corrected chi connectivity index (χ1v) is 4.38. The van der Waals surface area contributed by atoms with E-state index in [1.165, 1.54) is 0 Å². The Morgan fingerprint density at radius 3 is 2.58 bits per heavy atom. The monoisotopic (exact) mass is 170 g/mol. The van der Waals surface area contributed by atoms with Crippen LogP contribution in [-0.4, -0.2) is 16.9 Å². The number of ketones is 1. The summed E-state index contributed by atoms with van der Waals surface area (Å²) in [5.74, 6) is -0.348. The number of hydrogen-bond donors (Lipinski definition) is 1. The van der Waals surface area contributed by atoms with Crippen molar-refractivity contribution in [3.05, 3.63) is 0 Å². The van der Waals surface area contributed by atoms with Crippen molar-refractivity contribution < 1.29 is 14.7 Å². The second-order valence-electron chi connectivity index (χ2n) is 3.49. The van der Waals surface area contributed by atoms with Crippen LogP contribution in [0.4, 0.5) is 0 Å². The van der Waals surface area contributed by atoms with Crippen LogP contribution < -0.4 is 0 Å². The second kappa shape index (κ2) is 3.70. The Bertz CT molecular complexity index is 190. The largest absolute Gasteiger partial charge is 0.481 e. The molecule has 1 saturated carbocycles. The molecule has 0 aromatic heterocycles. The zero-order valence-corrected chi connectivity index (χ0v) is 7.25. The molecular formula is C9H14O3. The van der Waals surface area contributed by atoms with Gasteiger partial charge in [0.25, 0.3) is 0 Å². The van der Waals surface area contributed by atoms with E-state index in [-0.39, 0.29) is 11.7 Å². The van der Waals surface area contributed by atoms with Gasteiger partial charge in [0, 0.05) is 12.8 Å². The van der Waals surface area contributed by atoms with Crippen molar-refractivity contribution in [1.82, 2.24) is 0 Å². The summed E-state index contributed by atoms with van der Waals surface area (Å²) in [6.07, 6.45) is 2.55. The lowest BCUT2D eigenvalue weighted by molar-refractivity contribution is -0.143. The molecule has 0 aliphatic heterocycles. The van der Waals surface area contributed by atoms with E-state index >= 15 is 0 Å². The van der Waals surface area contributed by atoms with Gasteiger partial charge in [0.05, 0.1) is 5.92 Å². The van der Waals surface area contributed by atoms with Gasteiger partial charge >= 0.3 is 5.97 Å². The van der Waals surface area contributed by atoms with E-state index in [1.54, 1.807) is 0 Å². The van der Waals surface area contributed by atoms with Gasteiger partial charge in [-0.15, -0.1) is 0 Å². The average molecular weight is 170 g/mol. The van der Waals surface area contributed by atoms with Crippen molar-refractivity contribution in [1.29, 1.82) is 0 Å². The Kier molecular flexibility index (Phi) is 2.84. The van der Waals surface area contributed by atoms with E-state index in [4.69, 9.17) is 5.11 Å². The van der Waals surface area contributed by atoms with Crippen LogP contribution in [0.15, 0.2) is 0 Å². The number of carboxylic acid groups (broad SMARTS) is 1. The van der Waals surface area contributed by atoms with Crippen LogP contribution >= 0.6 is 0 Å². The van der Waals surface area contributed by atoms with Gasteiger partial charge in [-0.3, -0.25) is 9.59 Å².